The summed E-state index contributed by atoms with van der Waals surface area (Å²) in [4.78, 5) is 11.7. The van der Waals surface area contributed by atoms with Gasteiger partial charge in [-0.15, -0.1) is 0 Å². The molecule has 0 aromatic rings. The Morgan fingerprint density at radius 2 is 1.69 bits per heavy atom. The molecule has 0 heterocycles. The van der Waals surface area contributed by atoms with E-state index in [1.807, 2.05) is 7.11 Å². The standard InChI is InChI=1S/C26H44O3/c1-17(6-11-24(27)29-5)21-9-10-22-20-8-7-18-16-19(28-4)12-14-25(18,2)23(20)13-15-26(21,22)3/h17-23H,6-16H2,1-5H3. The van der Waals surface area contributed by atoms with E-state index in [9.17, 15) is 4.79 Å². The maximum absolute atomic E-state index is 11.7. The zero-order valence-electron chi connectivity index (χ0n) is 19.5. The summed E-state index contributed by atoms with van der Waals surface area (Å²) >= 11 is 0. The van der Waals surface area contributed by atoms with Crippen LogP contribution in [0.5, 0.6) is 0 Å². The van der Waals surface area contributed by atoms with Crippen molar-refractivity contribution in [3.05, 3.63) is 0 Å². The van der Waals surface area contributed by atoms with Crippen molar-refractivity contribution in [1.29, 1.82) is 0 Å². The summed E-state index contributed by atoms with van der Waals surface area (Å²) < 4.78 is 10.7. The summed E-state index contributed by atoms with van der Waals surface area (Å²) in [5.41, 5.74) is 1.04. The van der Waals surface area contributed by atoms with Crippen LogP contribution in [0.25, 0.3) is 0 Å². The second-order valence-corrected chi connectivity index (χ2v) is 11.6. The molecule has 4 fully saturated rings. The molecule has 0 saturated heterocycles. The van der Waals surface area contributed by atoms with Gasteiger partial charge < -0.3 is 9.47 Å². The van der Waals surface area contributed by atoms with Gasteiger partial charge in [-0.25, -0.2) is 0 Å². The topological polar surface area (TPSA) is 35.5 Å². The van der Waals surface area contributed by atoms with Crippen LogP contribution in [-0.2, 0) is 14.3 Å². The molecule has 166 valence electrons. The summed E-state index contributed by atoms with van der Waals surface area (Å²) in [6, 6.07) is 0. The van der Waals surface area contributed by atoms with E-state index in [0.717, 1.165) is 36.0 Å². The van der Waals surface area contributed by atoms with Gasteiger partial charge in [0.1, 0.15) is 0 Å². The molecule has 0 aromatic heterocycles. The lowest BCUT2D eigenvalue weighted by molar-refractivity contribution is -0.141. The highest BCUT2D eigenvalue weighted by Crippen LogP contribution is 2.68. The fraction of sp³-hybridized carbons (Fsp3) is 0.962. The van der Waals surface area contributed by atoms with Crippen LogP contribution in [0.2, 0.25) is 0 Å². The van der Waals surface area contributed by atoms with E-state index in [0.29, 0.717) is 29.3 Å². The number of rotatable bonds is 5. The third-order valence-electron chi connectivity index (χ3n) is 10.7. The van der Waals surface area contributed by atoms with Crippen LogP contribution >= 0.6 is 0 Å². The highest BCUT2D eigenvalue weighted by molar-refractivity contribution is 5.69. The maximum Gasteiger partial charge on any atom is 0.305 e. The SMILES string of the molecule is COC(=O)CCC(C)C1CCC2C3CCC4CC(OC)CCC4(C)C3CCC12C. The molecule has 9 unspecified atom stereocenters. The molecule has 3 heteroatoms. The second-order valence-electron chi connectivity index (χ2n) is 11.6. The van der Waals surface area contributed by atoms with Crippen LogP contribution in [0.4, 0.5) is 0 Å². The van der Waals surface area contributed by atoms with E-state index < -0.39 is 0 Å². The average molecular weight is 405 g/mol. The van der Waals surface area contributed by atoms with Crippen LogP contribution < -0.4 is 0 Å². The lowest BCUT2D eigenvalue weighted by atomic mass is 9.44. The number of hydrogen-bond donors (Lipinski definition) is 0. The van der Waals surface area contributed by atoms with Gasteiger partial charge >= 0.3 is 5.97 Å². The molecule has 4 aliphatic rings. The Bertz CT molecular complexity index is 603. The predicted molar refractivity (Wildman–Crippen MR) is 116 cm³/mol. The first-order valence-corrected chi connectivity index (χ1v) is 12.4. The smallest absolute Gasteiger partial charge is 0.305 e. The number of esters is 1. The van der Waals surface area contributed by atoms with Crippen molar-refractivity contribution < 1.29 is 14.3 Å². The van der Waals surface area contributed by atoms with Crippen molar-refractivity contribution in [2.24, 2.45) is 46.3 Å². The average Bonchev–Trinajstić information content (AvgIpc) is 3.08. The van der Waals surface area contributed by atoms with Crippen LogP contribution in [0.1, 0.15) is 91.4 Å². The Morgan fingerprint density at radius 1 is 0.966 bits per heavy atom. The zero-order valence-corrected chi connectivity index (χ0v) is 19.5. The molecule has 9 atom stereocenters. The van der Waals surface area contributed by atoms with E-state index >= 15 is 0 Å². The van der Waals surface area contributed by atoms with Crippen molar-refractivity contribution in [1.82, 2.24) is 0 Å². The van der Waals surface area contributed by atoms with Gasteiger partial charge in [0.05, 0.1) is 13.2 Å². The van der Waals surface area contributed by atoms with Crippen LogP contribution in [0.15, 0.2) is 0 Å². The van der Waals surface area contributed by atoms with Crippen LogP contribution in [0, 0.1) is 46.3 Å². The fourth-order valence-electron chi connectivity index (χ4n) is 9.06. The molecular formula is C26H44O3. The van der Waals surface area contributed by atoms with Gasteiger partial charge in [0.15, 0.2) is 0 Å². The summed E-state index contributed by atoms with van der Waals surface area (Å²) in [6.45, 7) is 7.67. The summed E-state index contributed by atoms with van der Waals surface area (Å²) in [6.07, 6.45) is 14.5. The first-order valence-electron chi connectivity index (χ1n) is 12.4. The van der Waals surface area contributed by atoms with Crippen molar-refractivity contribution in [2.75, 3.05) is 14.2 Å². The Morgan fingerprint density at radius 3 is 2.41 bits per heavy atom. The molecule has 4 rings (SSSR count). The van der Waals surface area contributed by atoms with E-state index in [4.69, 9.17) is 9.47 Å². The van der Waals surface area contributed by atoms with Gasteiger partial charge in [-0.3, -0.25) is 4.79 Å². The molecule has 0 aliphatic heterocycles. The first-order chi connectivity index (χ1) is 13.8. The Balaban J connectivity index is 1.47. The monoisotopic (exact) mass is 404 g/mol. The Hall–Kier alpha value is -0.570. The van der Waals surface area contributed by atoms with Crippen molar-refractivity contribution in [3.63, 3.8) is 0 Å². The normalized spacial score (nSPS) is 47.6. The third kappa shape index (κ3) is 3.58. The minimum absolute atomic E-state index is 0.0434. The maximum atomic E-state index is 11.7. The summed E-state index contributed by atoms with van der Waals surface area (Å²) in [7, 11) is 3.42. The van der Waals surface area contributed by atoms with Crippen molar-refractivity contribution in [2.45, 2.75) is 97.5 Å². The molecule has 29 heavy (non-hydrogen) atoms. The lowest BCUT2D eigenvalue weighted by Gasteiger charge is -2.61. The van der Waals surface area contributed by atoms with Gasteiger partial charge in [0.25, 0.3) is 0 Å². The zero-order chi connectivity index (χ0) is 20.8. The minimum Gasteiger partial charge on any atom is -0.469 e. The number of carbonyl (C=O) groups is 1. The van der Waals surface area contributed by atoms with Crippen molar-refractivity contribution >= 4 is 5.97 Å². The number of hydrogen-bond acceptors (Lipinski definition) is 3. The molecule has 0 aromatic carbocycles. The number of fused-ring (bicyclic) bond motifs is 5. The third-order valence-corrected chi connectivity index (χ3v) is 10.7. The highest BCUT2D eigenvalue weighted by atomic mass is 16.5. The van der Waals surface area contributed by atoms with Gasteiger partial charge in [-0.1, -0.05) is 20.8 Å². The van der Waals surface area contributed by atoms with E-state index in [-0.39, 0.29) is 5.97 Å². The first kappa shape index (κ1) is 21.7. The van der Waals surface area contributed by atoms with Crippen LogP contribution in [0.3, 0.4) is 0 Å². The highest BCUT2D eigenvalue weighted by Gasteiger charge is 2.60. The van der Waals surface area contributed by atoms with E-state index in [2.05, 4.69) is 20.8 Å². The lowest BCUT2D eigenvalue weighted by Crippen LogP contribution is -2.54. The van der Waals surface area contributed by atoms with Gasteiger partial charge in [0.2, 0.25) is 0 Å². The van der Waals surface area contributed by atoms with Gasteiger partial charge in [-0.2, -0.15) is 0 Å². The molecule has 0 bridgehead atoms. The predicted octanol–water partition coefficient (Wildman–Crippen LogP) is 6.25. The fourth-order valence-corrected chi connectivity index (χ4v) is 9.06. The van der Waals surface area contributed by atoms with E-state index in [1.54, 1.807) is 0 Å². The Kier molecular flexibility index (Phi) is 6.10. The molecule has 3 nitrogen and oxygen atoms in total. The second kappa shape index (κ2) is 8.17. The van der Waals surface area contributed by atoms with Crippen molar-refractivity contribution in [3.8, 4) is 0 Å². The number of carbonyl (C=O) groups excluding carboxylic acids is 1. The number of ether oxygens (including phenoxy) is 2. The summed E-state index contributed by atoms with van der Waals surface area (Å²) in [5, 5.41) is 0. The number of methoxy groups -OCH3 is 2. The molecule has 0 radical (unpaired) electrons. The molecule has 0 N–H and O–H groups in total. The molecule has 0 amide bonds. The Labute approximate surface area is 178 Å². The summed E-state index contributed by atoms with van der Waals surface area (Å²) in [5.74, 6) is 5.02. The van der Waals surface area contributed by atoms with Gasteiger partial charge in [0, 0.05) is 13.5 Å². The molecule has 0 spiro atoms. The largest absolute Gasteiger partial charge is 0.469 e. The molecule has 4 saturated carbocycles. The molecule has 4 aliphatic carbocycles. The van der Waals surface area contributed by atoms with Gasteiger partial charge in [-0.05, 0) is 111 Å². The van der Waals surface area contributed by atoms with Crippen LogP contribution in [-0.4, -0.2) is 26.3 Å². The quantitative estimate of drug-likeness (QED) is 0.508. The van der Waals surface area contributed by atoms with E-state index in [1.165, 1.54) is 64.9 Å². The minimum atomic E-state index is -0.0434. The molecular weight excluding hydrogens is 360 g/mol.